The second-order valence-electron chi connectivity index (χ2n) is 8.02. The van der Waals surface area contributed by atoms with Crippen molar-refractivity contribution >= 4 is 33.3 Å². The Bertz CT molecular complexity index is 1640. The van der Waals surface area contributed by atoms with Crippen molar-refractivity contribution in [3.8, 4) is 16.9 Å². The molecule has 0 aliphatic rings. The molecule has 0 aliphatic heterocycles. The van der Waals surface area contributed by atoms with E-state index in [-0.39, 0.29) is 28.9 Å². The zero-order valence-corrected chi connectivity index (χ0v) is 18.6. The molecular formula is C28H18F3NO4. The van der Waals surface area contributed by atoms with Crippen LogP contribution in [0.1, 0.15) is 5.76 Å². The van der Waals surface area contributed by atoms with Gasteiger partial charge in [-0.1, -0.05) is 60.7 Å². The Labute approximate surface area is 202 Å². The Hall–Kier alpha value is -4.59. The lowest BCUT2D eigenvalue weighted by atomic mass is 9.96. The minimum atomic E-state index is -4.92. The molecule has 0 unspecified atom stereocenters. The van der Waals surface area contributed by atoms with Gasteiger partial charge in [0.1, 0.15) is 11.3 Å². The topological polar surface area (TPSA) is 68.5 Å². The highest BCUT2D eigenvalue weighted by atomic mass is 19.4. The Morgan fingerprint density at radius 3 is 2.36 bits per heavy atom. The fourth-order valence-corrected chi connectivity index (χ4v) is 4.02. The van der Waals surface area contributed by atoms with E-state index in [0.29, 0.717) is 16.5 Å². The van der Waals surface area contributed by atoms with E-state index < -0.39 is 28.8 Å². The first kappa shape index (κ1) is 23.2. The Kier molecular flexibility index (Phi) is 5.93. The summed E-state index contributed by atoms with van der Waals surface area (Å²) in [5.41, 5.74) is -0.950. The van der Waals surface area contributed by atoms with E-state index in [1.807, 2.05) is 0 Å². The molecule has 0 aliphatic carbocycles. The van der Waals surface area contributed by atoms with Gasteiger partial charge in [0.15, 0.2) is 6.61 Å². The second kappa shape index (κ2) is 9.22. The molecule has 4 aromatic carbocycles. The summed E-state index contributed by atoms with van der Waals surface area (Å²) in [7, 11) is 0. The van der Waals surface area contributed by atoms with Gasteiger partial charge in [0.25, 0.3) is 5.91 Å². The van der Waals surface area contributed by atoms with Crippen molar-refractivity contribution in [1.82, 2.24) is 0 Å². The third kappa shape index (κ3) is 4.53. The maximum atomic E-state index is 14.1. The molecule has 8 heteroatoms. The molecule has 0 saturated heterocycles. The molecule has 0 fully saturated rings. The van der Waals surface area contributed by atoms with Gasteiger partial charge in [-0.3, -0.25) is 9.59 Å². The molecule has 0 atom stereocenters. The lowest BCUT2D eigenvalue weighted by Crippen LogP contribution is -2.20. The predicted molar refractivity (Wildman–Crippen MR) is 131 cm³/mol. The van der Waals surface area contributed by atoms with Crippen molar-refractivity contribution in [3.63, 3.8) is 0 Å². The maximum Gasteiger partial charge on any atom is 0.450 e. The molecule has 1 amide bonds. The number of alkyl halides is 3. The largest absolute Gasteiger partial charge is 0.484 e. The van der Waals surface area contributed by atoms with Crippen molar-refractivity contribution in [1.29, 1.82) is 0 Å². The standard InChI is InChI=1S/C28H18F3NO4/c29-28(30,31)27-25(21-12-6-8-17-7-4-5-11-20(17)21)26(34)22-14-13-19(15-23(22)36-27)35-16-24(33)32-18-9-2-1-3-10-18/h1-15H,16H2,(H,32,33). The molecule has 180 valence electrons. The summed E-state index contributed by atoms with van der Waals surface area (Å²) in [6, 6.07) is 24.3. The summed E-state index contributed by atoms with van der Waals surface area (Å²) < 4.78 is 53.0. The van der Waals surface area contributed by atoms with E-state index in [1.165, 1.54) is 24.3 Å². The number of para-hydroxylation sites is 1. The summed E-state index contributed by atoms with van der Waals surface area (Å²) in [4.78, 5) is 25.5. The summed E-state index contributed by atoms with van der Waals surface area (Å²) in [6.07, 6.45) is -4.92. The molecule has 5 rings (SSSR count). The summed E-state index contributed by atoms with van der Waals surface area (Å²) in [5.74, 6) is -1.76. The first-order chi connectivity index (χ1) is 17.3. The maximum absolute atomic E-state index is 14.1. The fourth-order valence-electron chi connectivity index (χ4n) is 4.02. The van der Waals surface area contributed by atoms with E-state index in [1.54, 1.807) is 66.7 Å². The number of benzene rings is 4. The van der Waals surface area contributed by atoms with Gasteiger partial charge in [-0.2, -0.15) is 13.2 Å². The van der Waals surface area contributed by atoms with Crippen molar-refractivity contribution in [2.45, 2.75) is 6.18 Å². The average Bonchev–Trinajstić information content (AvgIpc) is 2.87. The van der Waals surface area contributed by atoms with E-state index in [4.69, 9.17) is 9.15 Å². The molecule has 0 spiro atoms. The number of fused-ring (bicyclic) bond motifs is 2. The smallest absolute Gasteiger partial charge is 0.450 e. The van der Waals surface area contributed by atoms with Crippen LogP contribution >= 0.6 is 0 Å². The number of amides is 1. The van der Waals surface area contributed by atoms with Gasteiger partial charge in [-0.15, -0.1) is 0 Å². The van der Waals surface area contributed by atoms with Crippen LogP contribution in [0, 0.1) is 0 Å². The van der Waals surface area contributed by atoms with Gasteiger partial charge in [-0.25, -0.2) is 0 Å². The van der Waals surface area contributed by atoms with Crippen LogP contribution in [-0.2, 0) is 11.0 Å². The van der Waals surface area contributed by atoms with Gasteiger partial charge < -0.3 is 14.5 Å². The zero-order chi connectivity index (χ0) is 25.3. The van der Waals surface area contributed by atoms with Crippen LogP contribution in [0.4, 0.5) is 18.9 Å². The number of anilines is 1. The molecule has 1 heterocycles. The molecule has 1 N–H and O–H groups in total. The van der Waals surface area contributed by atoms with Crippen LogP contribution in [0.25, 0.3) is 32.9 Å². The van der Waals surface area contributed by atoms with Crippen LogP contribution in [0.2, 0.25) is 0 Å². The number of carbonyl (C=O) groups excluding carboxylic acids is 1. The number of ether oxygens (including phenoxy) is 1. The van der Waals surface area contributed by atoms with E-state index in [9.17, 15) is 22.8 Å². The highest BCUT2D eigenvalue weighted by molar-refractivity contribution is 5.98. The third-order valence-electron chi connectivity index (χ3n) is 5.61. The van der Waals surface area contributed by atoms with Crippen LogP contribution in [0.5, 0.6) is 5.75 Å². The summed E-state index contributed by atoms with van der Waals surface area (Å²) in [5, 5.41) is 3.80. The number of rotatable bonds is 5. The van der Waals surface area contributed by atoms with Crippen molar-refractivity contribution < 1.29 is 27.1 Å². The minimum Gasteiger partial charge on any atom is -0.484 e. The summed E-state index contributed by atoms with van der Waals surface area (Å²) in [6.45, 7) is -0.384. The van der Waals surface area contributed by atoms with Gasteiger partial charge in [-0.05, 0) is 40.6 Å². The van der Waals surface area contributed by atoms with Crippen LogP contribution in [0.3, 0.4) is 0 Å². The lowest BCUT2D eigenvalue weighted by Gasteiger charge is -2.15. The van der Waals surface area contributed by atoms with Gasteiger partial charge in [0.05, 0.1) is 10.9 Å². The Morgan fingerprint density at radius 1 is 0.861 bits per heavy atom. The van der Waals surface area contributed by atoms with Crippen LogP contribution in [0.15, 0.2) is 100 Å². The monoisotopic (exact) mass is 489 g/mol. The Morgan fingerprint density at radius 2 is 1.58 bits per heavy atom. The van der Waals surface area contributed by atoms with Crippen LogP contribution in [-0.4, -0.2) is 12.5 Å². The lowest BCUT2D eigenvalue weighted by molar-refractivity contribution is -0.152. The first-order valence-electron chi connectivity index (χ1n) is 10.9. The highest BCUT2D eigenvalue weighted by Crippen LogP contribution is 2.39. The van der Waals surface area contributed by atoms with E-state index >= 15 is 0 Å². The zero-order valence-electron chi connectivity index (χ0n) is 18.6. The SMILES string of the molecule is O=C(COc1ccc2c(=O)c(-c3cccc4ccccc34)c(C(F)(F)F)oc2c1)Nc1ccccc1. The molecule has 36 heavy (non-hydrogen) atoms. The molecule has 0 bridgehead atoms. The average molecular weight is 489 g/mol. The highest BCUT2D eigenvalue weighted by Gasteiger charge is 2.39. The number of hydrogen-bond acceptors (Lipinski definition) is 4. The molecular weight excluding hydrogens is 471 g/mol. The first-order valence-corrected chi connectivity index (χ1v) is 10.9. The summed E-state index contributed by atoms with van der Waals surface area (Å²) >= 11 is 0. The number of nitrogens with one attached hydrogen (secondary N) is 1. The molecule has 1 aromatic heterocycles. The predicted octanol–water partition coefficient (Wildman–Crippen LogP) is 6.65. The van der Waals surface area contributed by atoms with Crippen LogP contribution < -0.4 is 15.5 Å². The van der Waals surface area contributed by atoms with E-state index in [2.05, 4.69) is 5.32 Å². The Balaban J connectivity index is 1.54. The third-order valence-corrected chi connectivity index (χ3v) is 5.61. The van der Waals surface area contributed by atoms with Gasteiger partial charge >= 0.3 is 6.18 Å². The minimum absolute atomic E-state index is 0.0352. The molecule has 0 saturated carbocycles. The second-order valence-corrected chi connectivity index (χ2v) is 8.02. The van der Waals surface area contributed by atoms with Gasteiger partial charge in [0, 0.05) is 11.8 Å². The van der Waals surface area contributed by atoms with E-state index in [0.717, 1.165) is 0 Å². The van der Waals surface area contributed by atoms with Gasteiger partial charge in [0.2, 0.25) is 11.2 Å². The number of halogens is 3. The van der Waals surface area contributed by atoms with Crippen molar-refractivity contribution in [2.75, 3.05) is 11.9 Å². The molecule has 5 aromatic rings. The number of hydrogen-bond donors (Lipinski definition) is 1. The van der Waals surface area contributed by atoms with Crippen molar-refractivity contribution in [3.05, 3.63) is 107 Å². The number of carbonyl (C=O) groups is 1. The normalized spacial score (nSPS) is 11.5. The van der Waals surface area contributed by atoms with Crippen molar-refractivity contribution in [2.24, 2.45) is 0 Å². The molecule has 5 nitrogen and oxygen atoms in total. The quantitative estimate of drug-likeness (QED) is 0.300. The molecule has 0 radical (unpaired) electrons. The fraction of sp³-hybridized carbons (Fsp3) is 0.0714.